The second-order valence-electron chi connectivity index (χ2n) is 6.20. The SMILES string of the molecule is O=C(CNC(c1ccccc1)c1cccc(Cl)c1)Nc1ccccc1OC(F)F. The number of carbonyl (C=O) groups excluding carboxylic acids is 1. The summed E-state index contributed by atoms with van der Waals surface area (Å²) in [5.74, 6) is -0.483. The predicted octanol–water partition coefficient (Wildman–Crippen LogP) is 5.26. The first kappa shape index (κ1) is 20.8. The number of anilines is 1. The molecule has 4 nitrogen and oxygen atoms in total. The van der Waals surface area contributed by atoms with E-state index >= 15 is 0 Å². The Morgan fingerprint density at radius 1 is 0.931 bits per heavy atom. The summed E-state index contributed by atoms with van der Waals surface area (Å²) in [6.45, 7) is -3.02. The molecule has 2 N–H and O–H groups in total. The minimum absolute atomic E-state index is 0.0465. The molecule has 0 heterocycles. The van der Waals surface area contributed by atoms with Crippen molar-refractivity contribution in [3.63, 3.8) is 0 Å². The van der Waals surface area contributed by atoms with Gasteiger partial charge in [-0.15, -0.1) is 0 Å². The third kappa shape index (κ3) is 6.01. The van der Waals surface area contributed by atoms with E-state index in [1.165, 1.54) is 12.1 Å². The van der Waals surface area contributed by atoms with Crippen molar-refractivity contribution >= 4 is 23.2 Å². The lowest BCUT2D eigenvalue weighted by Gasteiger charge is -2.20. The van der Waals surface area contributed by atoms with Gasteiger partial charge in [-0.05, 0) is 35.4 Å². The Morgan fingerprint density at radius 2 is 1.62 bits per heavy atom. The largest absolute Gasteiger partial charge is 0.433 e. The van der Waals surface area contributed by atoms with Crippen LogP contribution >= 0.6 is 11.6 Å². The maximum atomic E-state index is 12.5. The molecule has 1 amide bonds. The Kier molecular flexibility index (Phi) is 7.16. The molecule has 0 spiro atoms. The number of rotatable bonds is 8. The van der Waals surface area contributed by atoms with Crippen molar-refractivity contribution in [2.75, 3.05) is 11.9 Å². The smallest absolute Gasteiger partial charge is 0.387 e. The number of amides is 1. The molecule has 0 aliphatic heterocycles. The van der Waals surface area contributed by atoms with Gasteiger partial charge in [-0.25, -0.2) is 0 Å². The van der Waals surface area contributed by atoms with E-state index in [0.29, 0.717) is 5.02 Å². The second kappa shape index (κ2) is 10.0. The molecule has 0 aromatic heterocycles. The summed E-state index contributed by atoms with van der Waals surface area (Å²) in [5, 5.41) is 6.39. The molecule has 3 aromatic carbocycles. The van der Waals surface area contributed by atoms with E-state index in [0.717, 1.165) is 11.1 Å². The van der Waals surface area contributed by atoms with Crippen molar-refractivity contribution in [3.8, 4) is 5.75 Å². The minimum Gasteiger partial charge on any atom is -0.433 e. The predicted molar refractivity (Wildman–Crippen MR) is 109 cm³/mol. The Labute approximate surface area is 172 Å². The lowest BCUT2D eigenvalue weighted by atomic mass is 9.99. The fraction of sp³-hybridized carbons (Fsp3) is 0.136. The van der Waals surface area contributed by atoms with E-state index in [9.17, 15) is 13.6 Å². The molecule has 29 heavy (non-hydrogen) atoms. The normalized spacial score (nSPS) is 11.9. The summed E-state index contributed by atoms with van der Waals surface area (Å²) in [4.78, 5) is 12.4. The molecule has 0 saturated carbocycles. The van der Waals surface area contributed by atoms with E-state index in [1.807, 2.05) is 48.5 Å². The van der Waals surface area contributed by atoms with Crippen LogP contribution in [0.1, 0.15) is 17.2 Å². The lowest BCUT2D eigenvalue weighted by molar-refractivity contribution is -0.115. The van der Waals surface area contributed by atoms with Crippen LogP contribution in [0.4, 0.5) is 14.5 Å². The summed E-state index contributed by atoms with van der Waals surface area (Å²) >= 11 is 6.12. The van der Waals surface area contributed by atoms with Crippen LogP contribution in [0.5, 0.6) is 5.75 Å². The zero-order valence-electron chi connectivity index (χ0n) is 15.3. The number of halogens is 3. The Hall–Kier alpha value is -2.96. The number of carbonyl (C=O) groups is 1. The first-order valence-corrected chi connectivity index (χ1v) is 9.28. The topological polar surface area (TPSA) is 50.4 Å². The van der Waals surface area contributed by atoms with Crippen molar-refractivity contribution in [1.29, 1.82) is 0 Å². The number of hydrogen-bond acceptors (Lipinski definition) is 3. The van der Waals surface area contributed by atoms with E-state index in [4.69, 9.17) is 11.6 Å². The monoisotopic (exact) mass is 416 g/mol. The molecule has 0 bridgehead atoms. The molecule has 0 aliphatic rings. The number of ether oxygens (including phenoxy) is 1. The zero-order chi connectivity index (χ0) is 20.6. The first-order valence-electron chi connectivity index (χ1n) is 8.90. The third-order valence-corrected chi connectivity index (χ3v) is 4.39. The second-order valence-corrected chi connectivity index (χ2v) is 6.64. The Balaban J connectivity index is 1.72. The maximum absolute atomic E-state index is 12.5. The summed E-state index contributed by atoms with van der Waals surface area (Å²) in [6, 6.07) is 22.8. The van der Waals surface area contributed by atoms with Crippen molar-refractivity contribution < 1.29 is 18.3 Å². The molecule has 7 heteroatoms. The molecule has 3 rings (SSSR count). The van der Waals surface area contributed by atoms with Crippen molar-refractivity contribution in [3.05, 3.63) is 95.0 Å². The fourth-order valence-electron chi connectivity index (χ4n) is 2.92. The molecule has 0 saturated heterocycles. The van der Waals surface area contributed by atoms with Gasteiger partial charge in [0, 0.05) is 5.02 Å². The van der Waals surface area contributed by atoms with Gasteiger partial charge < -0.3 is 10.1 Å². The van der Waals surface area contributed by atoms with Gasteiger partial charge in [0.2, 0.25) is 5.91 Å². The fourth-order valence-corrected chi connectivity index (χ4v) is 3.12. The summed E-state index contributed by atoms with van der Waals surface area (Å²) in [6.07, 6.45) is 0. The van der Waals surface area contributed by atoms with Crippen LogP contribution in [-0.2, 0) is 4.79 Å². The van der Waals surface area contributed by atoms with Gasteiger partial charge in [-0.3, -0.25) is 10.1 Å². The van der Waals surface area contributed by atoms with Crippen LogP contribution in [-0.4, -0.2) is 19.1 Å². The molecular formula is C22H19ClF2N2O2. The summed E-state index contributed by atoms with van der Waals surface area (Å²) in [7, 11) is 0. The van der Waals surface area contributed by atoms with E-state index in [-0.39, 0.29) is 24.0 Å². The highest BCUT2D eigenvalue weighted by Gasteiger charge is 2.16. The molecular weight excluding hydrogens is 398 g/mol. The number of para-hydroxylation sites is 2. The average Bonchev–Trinajstić information content (AvgIpc) is 2.70. The van der Waals surface area contributed by atoms with E-state index < -0.39 is 12.5 Å². The molecule has 0 radical (unpaired) electrons. The highest BCUT2D eigenvalue weighted by molar-refractivity contribution is 6.30. The van der Waals surface area contributed by atoms with Gasteiger partial charge in [-0.2, -0.15) is 8.78 Å². The van der Waals surface area contributed by atoms with Gasteiger partial charge in [0.1, 0.15) is 5.75 Å². The first-order chi connectivity index (χ1) is 14.0. The van der Waals surface area contributed by atoms with E-state index in [2.05, 4.69) is 15.4 Å². The van der Waals surface area contributed by atoms with Crippen LogP contribution in [0.15, 0.2) is 78.9 Å². The van der Waals surface area contributed by atoms with Crippen LogP contribution < -0.4 is 15.4 Å². The molecule has 1 unspecified atom stereocenters. The van der Waals surface area contributed by atoms with Crippen molar-refractivity contribution in [2.24, 2.45) is 0 Å². The Bertz CT molecular complexity index is 954. The van der Waals surface area contributed by atoms with Crippen molar-refractivity contribution in [2.45, 2.75) is 12.7 Å². The van der Waals surface area contributed by atoms with Gasteiger partial charge in [0.15, 0.2) is 0 Å². The molecule has 150 valence electrons. The molecule has 3 aromatic rings. The van der Waals surface area contributed by atoms with Crippen LogP contribution in [0.2, 0.25) is 5.02 Å². The third-order valence-electron chi connectivity index (χ3n) is 4.16. The number of alkyl halides is 2. The standard InChI is InChI=1S/C22H19ClF2N2O2/c23-17-10-6-9-16(13-17)21(15-7-2-1-3-8-15)26-14-20(28)27-18-11-4-5-12-19(18)29-22(24)25/h1-13,21-22,26H,14H2,(H,27,28). The van der Waals surface area contributed by atoms with Crippen LogP contribution in [0.25, 0.3) is 0 Å². The molecule has 1 atom stereocenters. The van der Waals surface area contributed by atoms with Gasteiger partial charge in [-0.1, -0.05) is 66.2 Å². The van der Waals surface area contributed by atoms with Crippen molar-refractivity contribution in [1.82, 2.24) is 5.32 Å². The Morgan fingerprint density at radius 3 is 2.34 bits per heavy atom. The highest BCUT2D eigenvalue weighted by atomic mass is 35.5. The highest BCUT2D eigenvalue weighted by Crippen LogP contribution is 2.26. The van der Waals surface area contributed by atoms with Gasteiger partial charge >= 0.3 is 6.61 Å². The minimum atomic E-state index is -2.98. The quantitative estimate of drug-likeness (QED) is 0.526. The maximum Gasteiger partial charge on any atom is 0.387 e. The number of nitrogens with one attached hydrogen (secondary N) is 2. The molecule has 0 fully saturated rings. The van der Waals surface area contributed by atoms with Gasteiger partial charge in [0.25, 0.3) is 0 Å². The average molecular weight is 417 g/mol. The van der Waals surface area contributed by atoms with Gasteiger partial charge in [0.05, 0.1) is 18.3 Å². The summed E-state index contributed by atoms with van der Waals surface area (Å²) in [5.41, 5.74) is 2.04. The lowest BCUT2D eigenvalue weighted by Crippen LogP contribution is -2.32. The number of benzene rings is 3. The zero-order valence-corrected chi connectivity index (χ0v) is 16.1. The molecule has 0 aliphatic carbocycles. The van der Waals surface area contributed by atoms with Crippen LogP contribution in [0.3, 0.4) is 0 Å². The summed E-state index contributed by atoms with van der Waals surface area (Å²) < 4.78 is 29.5. The van der Waals surface area contributed by atoms with E-state index in [1.54, 1.807) is 18.2 Å². The van der Waals surface area contributed by atoms with Crippen LogP contribution in [0, 0.1) is 0 Å². The number of hydrogen-bond donors (Lipinski definition) is 2.